The molecule has 0 amide bonds. The third-order valence-corrected chi connectivity index (χ3v) is 2.81. The summed E-state index contributed by atoms with van der Waals surface area (Å²) < 4.78 is 0. The molecular weight excluding hydrogens is 210 g/mol. The fourth-order valence-corrected chi connectivity index (χ4v) is 1.40. The Morgan fingerprint density at radius 3 is 2.40 bits per heavy atom. The number of isothiocyanates is 1. The molecule has 0 unspecified atom stereocenters. The van der Waals surface area contributed by atoms with E-state index in [-0.39, 0.29) is 0 Å². The number of halogens is 1. The lowest BCUT2D eigenvalue weighted by molar-refractivity contribution is 0.615. The number of rotatable bonds is 4. The van der Waals surface area contributed by atoms with Crippen LogP contribution in [0.1, 0.15) is 26.7 Å². The first-order valence-electron chi connectivity index (χ1n) is 3.47. The van der Waals surface area contributed by atoms with Gasteiger partial charge in [-0.2, -0.15) is 0 Å². The predicted octanol–water partition coefficient (Wildman–Crippen LogP) is 3.04. The van der Waals surface area contributed by atoms with Gasteiger partial charge in [-0.05, 0) is 25.1 Å². The van der Waals surface area contributed by atoms with E-state index in [2.05, 4.69) is 52.1 Å². The molecule has 0 aromatic rings. The van der Waals surface area contributed by atoms with Gasteiger partial charge < -0.3 is 0 Å². The summed E-state index contributed by atoms with van der Waals surface area (Å²) in [5.41, 5.74) is 0. The summed E-state index contributed by atoms with van der Waals surface area (Å²) in [6, 6.07) is 0.308. The van der Waals surface area contributed by atoms with E-state index < -0.39 is 0 Å². The van der Waals surface area contributed by atoms with Gasteiger partial charge in [0.25, 0.3) is 0 Å². The first-order valence-corrected chi connectivity index (χ1v) is 4.79. The molecule has 58 valence electrons. The van der Waals surface area contributed by atoms with Crippen molar-refractivity contribution >= 4 is 33.3 Å². The highest BCUT2D eigenvalue weighted by atomic mass is 79.9. The van der Waals surface area contributed by atoms with E-state index >= 15 is 0 Å². The van der Waals surface area contributed by atoms with E-state index in [1.807, 2.05) is 0 Å². The highest BCUT2D eigenvalue weighted by molar-refractivity contribution is 9.09. The Morgan fingerprint density at radius 1 is 1.50 bits per heavy atom. The largest absolute Gasteiger partial charge is 0.228 e. The van der Waals surface area contributed by atoms with Gasteiger partial charge in [0.05, 0.1) is 11.2 Å². The maximum Gasteiger partial charge on any atom is 0.0724 e. The summed E-state index contributed by atoms with van der Waals surface area (Å²) in [5.74, 6) is 0. The zero-order chi connectivity index (χ0) is 7.98. The van der Waals surface area contributed by atoms with E-state index in [1.54, 1.807) is 0 Å². The minimum atomic E-state index is 0.308. The van der Waals surface area contributed by atoms with Crippen LogP contribution in [-0.4, -0.2) is 16.0 Å². The molecule has 0 radical (unpaired) electrons. The molecule has 0 aliphatic heterocycles. The Balaban J connectivity index is 3.91. The molecular formula is C7H12BrNS. The van der Waals surface area contributed by atoms with E-state index in [9.17, 15) is 0 Å². The van der Waals surface area contributed by atoms with Gasteiger partial charge >= 0.3 is 0 Å². The Bertz CT molecular complexity index is 132. The molecule has 10 heavy (non-hydrogen) atoms. The van der Waals surface area contributed by atoms with Crippen molar-refractivity contribution in [3.8, 4) is 0 Å². The number of hydrogen-bond donors (Lipinski definition) is 0. The molecule has 0 fully saturated rings. The quantitative estimate of drug-likeness (QED) is 0.404. The summed E-state index contributed by atoms with van der Waals surface area (Å²) in [4.78, 5) is 4.48. The van der Waals surface area contributed by atoms with Crippen LogP contribution >= 0.6 is 28.1 Å². The molecule has 0 aromatic heterocycles. The predicted molar refractivity (Wildman–Crippen MR) is 52.1 cm³/mol. The highest BCUT2D eigenvalue weighted by Gasteiger charge is 2.12. The molecule has 0 N–H and O–H groups in total. The number of alkyl halides is 1. The number of aliphatic imine (C=N–C) groups is 1. The molecule has 0 saturated carbocycles. The van der Waals surface area contributed by atoms with Gasteiger partial charge in [0.15, 0.2) is 0 Å². The smallest absolute Gasteiger partial charge is 0.0724 e. The monoisotopic (exact) mass is 221 g/mol. The average Bonchev–Trinajstić information content (AvgIpc) is 1.99. The van der Waals surface area contributed by atoms with Gasteiger partial charge in [-0.1, -0.05) is 29.8 Å². The van der Waals surface area contributed by atoms with Gasteiger partial charge in [0, 0.05) is 4.83 Å². The second-order valence-electron chi connectivity index (χ2n) is 2.12. The highest BCUT2D eigenvalue weighted by Crippen LogP contribution is 2.15. The zero-order valence-electron chi connectivity index (χ0n) is 6.30. The number of nitrogens with zero attached hydrogens (tertiary/aromatic N) is 1. The molecule has 0 rings (SSSR count). The van der Waals surface area contributed by atoms with Crippen molar-refractivity contribution in [3.05, 3.63) is 0 Å². The van der Waals surface area contributed by atoms with E-state index in [1.165, 1.54) is 0 Å². The lowest BCUT2D eigenvalue weighted by atomic mass is 10.1. The average molecular weight is 222 g/mol. The molecule has 0 spiro atoms. The summed E-state index contributed by atoms with van der Waals surface area (Å²) in [6.45, 7) is 4.23. The fourth-order valence-electron chi connectivity index (χ4n) is 0.768. The van der Waals surface area contributed by atoms with E-state index in [4.69, 9.17) is 0 Å². The molecule has 0 aliphatic rings. The molecule has 0 aromatic carbocycles. The van der Waals surface area contributed by atoms with Crippen molar-refractivity contribution in [2.75, 3.05) is 0 Å². The van der Waals surface area contributed by atoms with Crippen molar-refractivity contribution < 1.29 is 0 Å². The minimum absolute atomic E-state index is 0.308. The van der Waals surface area contributed by atoms with Gasteiger partial charge in [-0.25, -0.2) is 4.99 Å². The van der Waals surface area contributed by atoms with Gasteiger partial charge in [-0.3, -0.25) is 0 Å². The molecule has 0 heterocycles. The van der Waals surface area contributed by atoms with Crippen molar-refractivity contribution in [1.29, 1.82) is 0 Å². The van der Waals surface area contributed by atoms with Crippen LogP contribution in [-0.2, 0) is 0 Å². The normalized spacial score (nSPS) is 15.5. The first kappa shape index (κ1) is 10.3. The fraction of sp³-hybridized carbons (Fsp3) is 0.857. The van der Waals surface area contributed by atoms with Crippen LogP contribution in [0.15, 0.2) is 4.99 Å². The molecule has 3 heteroatoms. The van der Waals surface area contributed by atoms with Gasteiger partial charge in [0.1, 0.15) is 0 Å². The van der Waals surface area contributed by atoms with Crippen molar-refractivity contribution in [3.63, 3.8) is 0 Å². The van der Waals surface area contributed by atoms with Crippen LogP contribution in [0, 0.1) is 0 Å². The van der Waals surface area contributed by atoms with Crippen molar-refractivity contribution in [2.24, 2.45) is 4.99 Å². The molecule has 0 bridgehead atoms. The lowest BCUT2D eigenvalue weighted by Crippen LogP contribution is -2.15. The molecule has 1 nitrogen and oxygen atoms in total. The van der Waals surface area contributed by atoms with Crippen LogP contribution in [0.25, 0.3) is 0 Å². The van der Waals surface area contributed by atoms with Crippen LogP contribution in [0.5, 0.6) is 0 Å². The first-order chi connectivity index (χ1) is 4.76. The number of hydrogen-bond acceptors (Lipinski definition) is 2. The maximum absolute atomic E-state index is 4.52. The molecule has 0 aliphatic carbocycles. The SMILES string of the molecule is CC[C@H](N=C=S)[C@@H](Br)CC. The Labute approximate surface area is 76.1 Å². The minimum Gasteiger partial charge on any atom is -0.228 e. The Kier molecular flexibility index (Phi) is 6.19. The Hall–Kier alpha value is 0.280. The number of thiocarbonyl (C=S) groups is 1. The van der Waals surface area contributed by atoms with Crippen LogP contribution < -0.4 is 0 Å². The molecule has 0 saturated heterocycles. The summed E-state index contributed by atoms with van der Waals surface area (Å²) in [7, 11) is 0. The second kappa shape index (κ2) is 6.02. The third kappa shape index (κ3) is 3.45. The topological polar surface area (TPSA) is 12.4 Å². The third-order valence-electron chi connectivity index (χ3n) is 1.44. The lowest BCUT2D eigenvalue weighted by Gasteiger charge is -2.12. The van der Waals surface area contributed by atoms with Crippen molar-refractivity contribution in [2.45, 2.75) is 37.6 Å². The van der Waals surface area contributed by atoms with Gasteiger partial charge in [-0.15, -0.1) is 0 Å². The summed E-state index contributed by atoms with van der Waals surface area (Å²) >= 11 is 8.05. The second-order valence-corrected chi connectivity index (χ2v) is 3.48. The maximum atomic E-state index is 4.52. The van der Waals surface area contributed by atoms with E-state index in [0.717, 1.165) is 12.8 Å². The summed E-state index contributed by atoms with van der Waals surface area (Å²) in [5, 5.41) is 2.41. The van der Waals surface area contributed by atoms with Crippen LogP contribution in [0.3, 0.4) is 0 Å². The van der Waals surface area contributed by atoms with E-state index in [0.29, 0.717) is 10.9 Å². The zero-order valence-corrected chi connectivity index (χ0v) is 8.70. The standard InChI is InChI=1S/C7H12BrNS/c1-3-6(8)7(4-2)9-5-10/h6-7H,3-4H2,1-2H3/t6-,7-/m0/s1. The summed E-state index contributed by atoms with van der Waals surface area (Å²) in [6.07, 6.45) is 2.10. The van der Waals surface area contributed by atoms with Crippen molar-refractivity contribution in [1.82, 2.24) is 0 Å². The van der Waals surface area contributed by atoms with Gasteiger partial charge in [0.2, 0.25) is 0 Å². The van der Waals surface area contributed by atoms with Crippen LogP contribution in [0.2, 0.25) is 0 Å². The molecule has 2 atom stereocenters. The Morgan fingerprint density at radius 2 is 2.10 bits per heavy atom. The van der Waals surface area contributed by atoms with Crippen LogP contribution in [0.4, 0.5) is 0 Å².